The molecule has 0 radical (unpaired) electrons. The van der Waals surface area contributed by atoms with Gasteiger partial charge in [-0.25, -0.2) is 4.98 Å². The van der Waals surface area contributed by atoms with E-state index in [0.717, 1.165) is 16.6 Å². The number of aromatic nitrogens is 2. The summed E-state index contributed by atoms with van der Waals surface area (Å²) in [5, 5.41) is 1.71. The van der Waals surface area contributed by atoms with Gasteiger partial charge in [-0.15, -0.1) is 0 Å². The minimum absolute atomic E-state index is 0.0642. The van der Waals surface area contributed by atoms with Gasteiger partial charge in [-0.1, -0.05) is 41.4 Å². The summed E-state index contributed by atoms with van der Waals surface area (Å²) in [5.74, 6) is 0.943. The molecule has 0 saturated heterocycles. The van der Waals surface area contributed by atoms with Crippen LogP contribution in [0.1, 0.15) is 32.9 Å². The maximum absolute atomic E-state index is 13.4. The molecule has 2 aromatic heterocycles. The molecule has 0 aliphatic rings. The Morgan fingerprint density at radius 3 is 2.48 bits per heavy atom. The number of pyridine rings is 1. The summed E-state index contributed by atoms with van der Waals surface area (Å²) in [7, 11) is 5.04. The van der Waals surface area contributed by atoms with Crippen molar-refractivity contribution < 1.29 is 19.1 Å². The molecule has 0 aliphatic heterocycles. The largest absolute Gasteiger partial charge is 0.497 e. The normalized spacial score (nSPS) is 11.0. The van der Waals surface area contributed by atoms with Gasteiger partial charge in [0.05, 0.1) is 24.2 Å². The fraction of sp³-hybridized carbons (Fsp3) is 0.182. The summed E-state index contributed by atoms with van der Waals surface area (Å²) in [6.07, 6.45) is 1.79. The number of benzene rings is 3. The van der Waals surface area contributed by atoms with Crippen molar-refractivity contribution in [2.45, 2.75) is 20.0 Å². The van der Waals surface area contributed by atoms with E-state index in [-0.39, 0.29) is 24.7 Å². The lowest BCUT2D eigenvalue weighted by molar-refractivity contribution is -0.117. The molecule has 3 aromatic carbocycles. The molecule has 0 fully saturated rings. The number of likely N-dealkylation sites (N-methyl/N-ethyl adjacent to an activating group) is 1. The Kier molecular flexibility index (Phi) is 8.52. The van der Waals surface area contributed by atoms with E-state index in [0.29, 0.717) is 49.6 Å². The first-order valence-electron chi connectivity index (χ1n) is 13.2. The number of rotatable bonds is 9. The second-order valence-electron chi connectivity index (χ2n) is 9.95. The maximum Gasteiger partial charge on any atom is 0.232 e. The van der Waals surface area contributed by atoms with E-state index >= 15 is 0 Å². The highest BCUT2D eigenvalue weighted by atomic mass is 35.5. The molecule has 2 heterocycles. The number of methoxy groups -OCH3 is 1. The van der Waals surface area contributed by atoms with Gasteiger partial charge in [-0.2, -0.15) is 0 Å². The number of aryl methyl sites for hydroxylation is 2. The minimum Gasteiger partial charge on any atom is -0.497 e. The monoisotopic (exact) mass is 601 g/mol. The zero-order chi connectivity index (χ0) is 30.0. The standard InChI is InChI=1S/C33H29Cl2N3O4/c1-20-8-9-21-6-5-7-29(32(21)36-20)42-19-26-27(34)14-15-28(31(26)35)38(3)30(39)17-24-16-23(18-37(24)2)33(40)22-10-12-25(41-4)13-11-22/h5-16,18H,17,19H2,1-4H3. The Morgan fingerprint density at radius 1 is 0.976 bits per heavy atom. The highest BCUT2D eigenvalue weighted by Gasteiger charge is 2.21. The average molecular weight is 603 g/mol. The Labute approximate surface area is 254 Å². The Bertz CT molecular complexity index is 1800. The number of amides is 1. The molecule has 214 valence electrons. The van der Waals surface area contributed by atoms with Crippen molar-refractivity contribution in [3.05, 3.63) is 117 Å². The number of hydrogen-bond acceptors (Lipinski definition) is 5. The molecular formula is C33H29Cl2N3O4. The van der Waals surface area contributed by atoms with Crippen LogP contribution in [-0.2, 0) is 24.9 Å². The van der Waals surface area contributed by atoms with Crippen LogP contribution in [0.4, 0.5) is 5.69 Å². The van der Waals surface area contributed by atoms with Gasteiger partial charge in [0.2, 0.25) is 5.91 Å². The van der Waals surface area contributed by atoms with Crippen LogP contribution in [0.2, 0.25) is 10.0 Å². The van der Waals surface area contributed by atoms with Crippen molar-refractivity contribution in [3.63, 3.8) is 0 Å². The van der Waals surface area contributed by atoms with Gasteiger partial charge in [0.1, 0.15) is 23.6 Å². The number of ether oxygens (including phenoxy) is 2. The summed E-state index contributed by atoms with van der Waals surface area (Å²) in [6, 6.07) is 21.7. The van der Waals surface area contributed by atoms with Crippen LogP contribution in [0.25, 0.3) is 10.9 Å². The minimum atomic E-state index is -0.204. The number of ketones is 1. The van der Waals surface area contributed by atoms with Crippen molar-refractivity contribution in [3.8, 4) is 11.5 Å². The quantitative estimate of drug-likeness (QED) is 0.167. The number of hydrogen-bond donors (Lipinski definition) is 0. The summed E-state index contributed by atoms with van der Waals surface area (Å²) >= 11 is 13.3. The fourth-order valence-electron chi connectivity index (χ4n) is 4.69. The van der Waals surface area contributed by atoms with Crippen molar-refractivity contribution >= 4 is 51.5 Å². The van der Waals surface area contributed by atoms with Crippen LogP contribution in [0.3, 0.4) is 0 Å². The number of carbonyl (C=O) groups is 2. The van der Waals surface area contributed by atoms with E-state index < -0.39 is 0 Å². The second kappa shape index (κ2) is 12.3. The number of carbonyl (C=O) groups excluding carboxylic acids is 2. The highest BCUT2D eigenvalue weighted by molar-refractivity contribution is 6.38. The van der Waals surface area contributed by atoms with Gasteiger partial charge in [0, 0.05) is 58.8 Å². The van der Waals surface area contributed by atoms with E-state index in [9.17, 15) is 9.59 Å². The molecule has 42 heavy (non-hydrogen) atoms. The summed E-state index contributed by atoms with van der Waals surface area (Å²) in [6.45, 7) is 2.02. The molecule has 0 unspecified atom stereocenters. The lowest BCUT2D eigenvalue weighted by atomic mass is 10.1. The summed E-state index contributed by atoms with van der Waals surface area (Å²) in [4.78, 5) is 32.5. The van der Waals surface area contributed by atoms with Crippen molar-refractivity contribution in [1.82, 2.24) is 9.55 Å². The van der Waals surface area contributed by atoms with Crippen molar-refractivity contribution in [2.24, 2.45) is 7.05 Å². The van der Waals surface area contributed by atoms with Crippen LogP contribution >= 0.6 is 23.2 Å². The molecule has 7 nitrogen and oxygen atoms in total. The van der Waals surface area contributed by atoms with E-state index in [1.54, 1.807) is 67.4 Å². The average Bonchev–Trinajstić information content (AvgIpc) is 3.36. The number of fused-ring (bicyclic) bond motifs is 1. The zero-order valence-electron chi connectivity index (χ0n) is 23.7. The van der Waals surface area contributed by atoms with Gasteiger partial charge in [-0.05, 0) is 61.5 Å². The number of anilines is 1. The topological polar surface area (TPSA) is 73.7 Å². The van der Waals surface area contributed by atoms with Crippen LogP contribution in [0, 0.1) is 6.92 Å². The lowest BCUT2D eigenvalue weighted by Crippen LogP contribution is -2.29. The van der Waals surface area contributed by atoms with Gasteiger partial charge < -0.3 is 18.9 Å². The lowest BCUT2D eigenvalue weighted by Gasteiger charge is -2.21. The third-order valence-electron chi connectivity index (χ3n) is 7.15. The summed E-state index contributed by atoms with van der Waals surface area (Å²) < 4.78 is 13.1. The molecule has 0 atom stereocenters. The third kappa shape index (κ3) is 5.98. The Hall–Kier alpha value is -4.33. The predicted molar refractivity (Wildman–Crippen MR) is 166 cm³/mol. The van der Waals surface area contributed by atoms with Gasteiger partial charge in [0.25, 0.3) is 0 Å². The molecule has 5 aromatic rings. The number of para-hydroxylation sites is 1. The summed E-state index contributed by atoms with van der Waals surface area (Å²) in [5.41, 5.74) is 4.42. The van der Waals surface area contributed by atoms with E-state index in [1.807, 2.05) is 44.3 Å². The maximum atomic E-state index is 13.4. The van der Waals surface area contributed by atoms with Crippen molar-refractivity contribution in [1.29, 1.82) is 0 Å². The highest BCUT2D eigenvalue weighted by Crippen LogP contribution is 2.35. The smallest absolute Gasteiger partial charge is 0.232 e. The van der Waals surface area contributed by atoms with Crippen LogP contribution in [0.15, 0.2) is 79.0 Å². The first-order valence-corrected chi connectivity index (χ1v) is 14.0. The molecule has 0 aliphatic carbocycles. The third-order valence-corrected chi connectivity index (χ3v) is 7.93. The fourth-order valence-corrected chi connectivity index (χ4v) is 5.29. The molecule has 0 spiro atoms. The van der Waals surface area contributed by atoms with Gasteiger partial charge >= 0.3 is 0 Å². The van der Waals surface area contributed by atoms with Crippen LogP contribution in [-0.4, -0.2) is 35.4 Å². The zero-order valence-corrected chi connectivity index (χ0v) is 25.2. The first-order chi connectivity index (χ1) is 20.2. The van der Waals surface area contributed by atoms with Crippen LogP contribution in [0.5, 0.6) is 11.5 Å². The number of halogens is 2. The Balaban J connectivity index is 1.32. The molecule has 0 saturated carbocycles. The predicted octanol–water partition coefficient (Wildman–Crippen LogP) is 7.21. The second-order valence-corrected chi connectivity index (χ2v) is 10.7. The number of nitrogens with zero attached hydrogens (tertiary/aromatic N) is 3. The Morgan fingerprint density at radius 2 is 1.74 bits per heavy atom. The molecule has 5 rings (SSSR count). The van der Waals surface area contributed by atoms with E-state index in [4.69, 9.17) is 32.7 Å². The first kappa shape index (κ1) is 29.2. The van der Waals surface area contributed by atoms with Crippen LogP contribution < -0.4 is 14.4 Å². The van der Waals surface area contributed by atoms with Crippen molar-refractivity contribution in [2.75, 3.05) is 19.1 Å². The SMILES string of the molecule is COc1ccc(C(=O)c2cc(CC(=O)N(C)c3ccc(Cl)c(COc4cccc5ccc(C)nc45)c3Cl)n(C)c2)cc1. The van der Waals surface area contributed by atoms with E-state index in [1.165, 1.54) is 4.90 Å². The molecule has 1 amide bonds. The van der Waals surface area contributed by atoms with Gasteiger partial charge in [0.15, 0.2) is 5.78 Å². The van der Waals surface area contributed by atoms with E-state index in [2.05, 4.69) is 4.98 Å². The molecule has 0 bridgehead atoms. The molecule has 0 N–H and O–H groups in total. The van der Waals surface area contributed by atoms with Gasteiger partial charge in [-0.3, -0.25) is 9.59 Å². The molecule has 9 heteroatoms. The molecular weight excluding hydrogens is 573 g/mol.